The molecule has 0 spiro atoms. The summed E-state index contributed by atoms with van der Waals surface area (Å²) < 4.78 is 26.8. The Labute approximate surface area is 124 Å². The third-order valence-electron chi connectivity index (χ3n) is 3.77. The van der Waals surface area contributed by atoms with Crippen molar-refractivity contribution in [1.82, 2.24) is 4.31 Å². The van der Waals surface area contributed by atoms with Gasteiger partial charge in [-0.25, -0.2) is 8.42 Å². The molecule has 8 heteroatoms. The van der Waals surface area contributed by atoms with E-state index in [0.717, 1.165) is 6.42 Å². The van der Waals surface area contributed by atoms with E-state index < -0.39 is 14.9 Å². The van der Waals surface area contributed by atoms with Crippen LogP contribution in [0.3, 0.4) is 0 Å². The van der Waals surface area contributed by atoms with Gasteiger partial charge in [-0.15, -0.1) is 0 Å². The van der Waals surface area contributed by atoms with E-state index in [0.29, 0.717) is 12.5 Å². The highest BCUT2D eigenvalue weighted by Gasteiger charge is 2.36. The molecule has 1 heterocycles. The van der Waals surface area contributed by atoms with Gasteiger partial charge in [0.2, 0.25) is 10.0 Å². The van der Waals surface area contributed by atoms with E-state index in [1.165, 1.54) is 29.6 Å². The van der Waals surface area contributed by atoms with Crippen molar-refractivity contribution in [2.24, 2.45) is 5.92 Å². The van der Waals surface area contributed by atoms with Gasteiger partial charge < -0.3 is 5.32 Å². The second kappa shape index (κ2) is 5.61. The van der Waals surface area contributed by atoms with Gasteiger partial charge in [0.1, 0.15) is 5.69 Å². The first-order valence-electron chi connectivity index (χ1n) is 6.75. The molecule has 1 saturated heterocycles. The molecule has 7 nitrogen and oxygen atoms in total. The summed E-state index contributed by atoms with van der Waals surface area (Å²) >= 11 is 0. The lowest BCUT2D eigenvalue weighted by Gasteiger charge is -2.21. The molecule has 1 aliphatic rings. The second-order valence-electron chi connectivity index (χ2n) is 5.45. The maximum atomic E-state index is 12.7. The van der Waals surface area contributed by atoms with E-state index in [4.69, 9.17) is 0 Å². The predicted molar refractivity (Wildman–Crippen MR) is 79.8 cm³/mol. The third-order valence-corrected chi connectivity index (χ3v) is 5.74. The molecule has 2 unspecified atom stereocenters. The van der Waals surface area contributed by atoms with Crippen LogP contribution in [0.2, 0.25) is 0 Å². The van der Waals surface area contributed by atoms with E-state index in [2.05, 4.69) is 5.32 Å². The van der Waals surface area contributed by atoms with Gasteiger partial charge >= 0.3 is 0 Å². The van der Waals surface area contributed by atoms with Crippen molar-refractivity contribution < 1.29 is 13.3 Å². The van der Waals surface area contributed by atoms with Gasteiger partial charge in [0.05, 0.1) is 9.82 Å². The monoisotopic (exact) mass is 313 g/mol. The molecule has 0 bridgehead atoms. The summed E-state index contributed by atoms with van der Waals surface area (Å²) in [5.41, 5.74) is 0.0558. The minimum Gasteiger partial charge on any atom is -0.383 e. The summed E-state index contributed by atoms with van der Waals surface area (Å²) in [7, 11) is -2.10. The average molecular weight is 313 g/mol. The summed E-state index contributed by atoms with van der Waals surface area (Å²) in [5.74, 6) is 0.316. The van der Waals surface area contributed by atoms with Gasteiger partial charge in [-0.3, -0.25) is 10.1 Å². The smallest absolute Gasteiger partial charge is 0.292 e. The minimum absolute atomic E-state index is 0.0572. The van der Waals surface area contributed by atoms with Crippen molar-refractivity contribution in [3.63, 3.8) is 0 Å². The van der Waals surface area contributed by atoms with Gasteiger partial charge in [-0.1, -0.05) is 6.92 Å². The fraction of sp³-hybridized carbons (Fsp3) is 0.538. The lowest BCUT2D eigenvalue weighted by atomic mass is 10.1. The zero-order chi connectivity index (χ0) is 15.8. The Morgan fingerprint density at radius 2 is 2.05 bits per heavy atom. The van der Waals surface area contributed by atoms with Crippen LogP contribution in [-0.4, -0.2) is 37.3 Å². The molecule has 1 aromatic carbocycles. The van der Waals surface area contributed by atoms with E-state index in [1.807, 2.05) is 13.8 Å². The molecule has 1 fully saturated rings. The molecule has 0 aromatic heterocycles. The maximum Gasteiger partial charge on any atom is 0.292 e. The lowest BCUT2D eigenvalue weighted by Crippen LogP contribution is -2.34. The topological polar surface area (TPSA) is 92.6 Å². The first-order valence-corrected chi connectivity index (χ1v) is 8.19. The molecule has 2 atom stereocenters. The maximum absolute atomic E-state index is 12.7. The highest BCUT2D eigenvalue weighted by molar-refractivity contribution is 7.89. The van der Waals surface area contributed by atoms with Gasteiger partial charge in [-0.05, 0) is 31.4 Å². The van der Waals surface area contributed by atoms with Crippen LogP contribution in [0.5, 0.6) is 0 Å². The Morgan fingerprint density at radius 3 is 2.52 bits per heavy atom. The Morgan fingerprint density at radius 1 is 1.38 bits per heavy atom. The van der Waals surface area contributed by atoms with Crippen molar-refractivity contribution in [2.45, 2.75) is 31.2 Å². The number of nitro groups is 1. The van der Waals surface area contributed by atoms with Crippen molar-refractivity contribution in [3.05, 3.63) is 28.3 Å². The highest BCUT2D eigenvalue weighted by atomic mass is 32.2. The summed E-state index contributed by atoms with van der Waals surface area (Å²) in [6.07, 6.45) is 0.825. The van der Waals surface area contributed by atoms with Crippen LogP contribution in [0.15, 0.2) is 23.1 Å². The number of sulfonamides is 1. The molecule has 0 aliphatic carbocycles. The Kier molecular flexibility index (Phi) is 4.20. The van der Waals surface area contributed by atoms with Crippen molar-refractivity contribution in [3.8, 4) is 0 Å². The number of nitrogens with zero attached hydrogens (tertiary/aromatic N) is 2. The fourth-order valence-corrected chi connectivity index (χ4v) is 4.56. The number of anilines is 1. The van der Waals surface area contributed by atoms with Crippen LogP contribution in [0, 0.1) is 16.0 Å². The largest absolute Gasteiger partial charge is 0.383 e. The average Bonchev–Trinajstić information content (AvgIpc) is 2.77. The van der Waals surface area contributed by atoms with Gasteiger partial charge in [0, 0.05) is 25.7 Å². The van der Waals surface area contributed by atoms with Gasteiger partial charge in [0.15, 0.2) is 0 Å². The van der Waals surface area contributed by atoms with Crippen LogP contribution in [-0.2, 0) is 10.0 Å². The Hall–Kier alpha value is -1.67. The summed E-state index contributed by atoms with van der Waals surface area (Å²) in [6, 6.07) is 3.79. The number of rotatable bonds is 4. The Bertz CT molecular complexity index is 659. The van der Waals surface area contributed by atoms with Crippen LogP contribution in [0.25, 0.3) is 0 Å². The lowest BCUT2D eigenvalue weighted by molar-refractivity contribution is -0.384. The predicted octanol–water partition coefficient (Wildman–Crippen LogP) is 2.06. The van der Waals surface area contributed by atoms with Crippen LogP contribution in [0.1, 0.15) is 20.3 Å². The first kappa shape index (κ1) is 15.7. The molecule has 21 heavy (non-hydrogen) atoms. The molecule has 1 aliphatic heterocycles. The molecular formula is C13H19N3O4S. The van der Waals surface area contributed by atoms with E-state index in [9.17, 15) is 18.5 Å². The Balaban J connectivity index is 2.44. The molecule has 1 N–H and O–H groups in total. The second-order valence-corrected chi connectivity index (χ2v) is 7.34. The van der Waals surface area contributed by atoms with Crippen LogP contribution < -0.4 is 5.32 Å². The summed E-state index contributed by atoms with van der Waals surface area (Å²) in [4.78, 5) is 10.4. The number of benzene rings is 1. The van der Waals surface area contributed by atoms with Crippen LogP contribution >= 0.6 is 0 Å². The molecule has 2 rings (SSSR count). The number of hydrogen-bond donors (Lipinski definition) is 1. The summed E-state index contributed by atoms with van der Waals surface area (Å²) in [5, 5.41) is 13.6. The van der Waals surface area contributed by atoms with Gasteiger partial charge in [0.25, 0.3) is 5.69 Å². The fourth-order valence-electron chi connectivity index (χ4n) is 2.77. The van der Waals surface area contributed by atoms with Gasteiger partial charge in [-0.2, -0.15) is 4.31 Å². The van der Waals surface area contributed by atoms with E-state index in [1.54, 1.807) is 0 Å². The molecule has 0 saturated carbocycles. The van der Waals surface area contributed by atoms with Crippen LogP contribution in [0.4, 0.5) is 11.4 Å². The highest BCUT2D eigenvalue weighted by Crippen LogP contribution is 2.32. The normalized spacial score (nSPS) is 23.2. The third kappa shape index (κ3) is 2.86. The minimum atomic E-state index is -3.63. The van der Waals surface area contributed by atoms with Crippen molar-refractivity contribution >= 4 is 21.4 Å². The number of nitro benzene ring substituents is 1. The molecule has 0 amide bonds. The van der Waals surface area contributed by atoms with Crippen molar-refractivity contribution in [2.75, 3.05) is 18.9 Å². The molecular weight excluding hydrogens is 294 g/mol. The quantitative estimate of drug-likeness (QED) is 0.678. The van der Waals surface area contributed by atoms with E-state index >= 15 is 0 Å². The SMILES string of the molecule is CNc1cc(S(=O)(=O)N2CC(C)CC2C)ccc1[N+](=O)[O-]. The zero-order valence-electron chi connectivity index (χ0n) is 12.2. The van der Waals surface area contributed by atoms with E-state index in [-0.39, 0.29) is 22.3 Å². The number of nitrogens with one attached hydrogen (secondary N) is 1. The zero-order valence-corrected chi connectivity index (χ0v) is 13.1. The standard InChI is InChI=1S/C13H19N3O4S/c1-9-6-10(2)15(8-9)21(19,20)11-4-5-13(16(17)18)12(7-11)14-3/h4-5,7,9-10,14H,6,8H2,1-3H3. The summed E-state index contributed by atoms with van der Waals surface area (Å²) in [6.45, 7) is 4.38. The molecule has 116 valence electrons. The van der Waals surface area contributed by atoms with Crippen molar-refractivity contribution in [1.29, 1.82) is 0 Å². The molecule has 1 aromatic rings. The number of hydrogen-bond acceptors (Lipinski definition) is 5. The molecule has 0 radical (unpaired) electrons. The first-order chi connectivity index (χ1) is 9.77.